The van der Waals surface area contributed by atoms with Crippen molar-refractivity contribution in [3.8, 4) is 11.6 Å². The third-order valence-electron chi connectivity index (χ3n) is 3.02. The molecule has 18 heavy (non-hydrogen) atoms. The van der Waals surface area contributed by atoms with Crippen molar-refractivity contribution >= 4 is 15.9 Å². The van der Waals surface area contributed by atoms with Crippen LogP contribution in [0.15, 0.2) is 27.3 Å². The van der Waals surface area contributed by atoms with Gasteiger partial charge < -0.3 is 9.84 Å². The van der Waals surface area contributed by atoms with Gasteiger partial charge in [-0.15, -0.1) is 0 Å². The van der Waals surface area contributed by atoms with Gasteiger partial charge in [0.2, 0.25) is 0 Å². The number of hydrogen-bond acceptors (Lipinski definition) is 5. The summed E-state index contributed by atoms with van der Waals surface area (Å²) in [6, 6.07) is 3.97. The highest BCUT2D eigenvalue weighted by molar-refractivity contribution is 9.10. The maximum absolute atomic E-state index is 5.29. The Balaban J connectivity index is 1.87. The van der Waals surface area contributed by atoms with Gasteiger partial charge in [-0.2, -0.15) is 4.98 Å². The van der Waals surface area contributed by atoms with Crippen molar-refractivity contribution in [2.24, 2.45) is 0 Å². The molecule has 0 aliphatic carbocycles. The Morgan fingerprint density at radius 1 is 1.39 bits per heavy atom. The Morgan fingerprint density at radius 2 is 2.33 bits per heavy atom. The van der Waals surface area contributed by atoms with E-state index in [1.54, 1.807) is 6.20 Å². The summed E-state index contributed by atoms with van der Waals surface area (Å²) in [4.78, 5) is 8.68. The summed E-state index contributed by atoms with van der Waals surface area (Å²) in [6.45, 7) is 1.02. The summed E-state index contributed by atoms with van der Waals surface area (Å²) in [5, 5.41) is 7.45. The second-order valence-corrected chi connectivity index (χ2v) is 5.15. The van der Waals surface area contributed by atoms with Gasteiger partial charge in [0, 0.05) is 10.7 Å². The van der Waals surface area contributed by atoms with Crippen LogP contribution in [-0.4, -0.2) is 21.7 Å². The van der Waals surface area contributed by atoms with Crippen LogP contribution in [-0.2, 0) is 0 Å². The van der Waals surface area contributed by atoms with Crippen molar-refractivity contribution in [1.29, 1.82) is 0 Å². The van der Waals surface area contributed by atoms with Crippen LogP contribution in [0.25, 0.3) is 11.6 Å². The first-order valence-corrected chi connectivity index (χ1v) is 6.82. The number of pyridine rings is 1. The number of piperidine rings is 1. The highest BCUT2D eigenvalue weighted by Crippen LogP contribution is 2.26. The molecule has 5 nitrogen and oxygen atoms in total. The van der Waals surface area contributed by atoms with Gasteiger partial charge in [-0.1, -0.05) is 11.6 Å². The Bertz CT molecular complexity index is 536. The standard InChI is InChI=1S/C12H13BrN4O/c13-8-4-3-7-15-10(8)12-16-11(17-18-12)9-5-1-2-6-14-9/h3-4,7,9,14H,1-2,5-6H2. The fourth-order valence-electron chi connectivity index (χ4n) is 2.09. The van der Waals surface area contributed by atoms with E-state index in [1.165, 1.54) is 12.8 Å². The fourth-order valence-corrected chi connectivity index (χ4v) is 2.51. The Hall–Kier alpha value is -1.27. The van der Waals surface area contributed by atoms with Gasteiger partial charge in [-0.3, -0.25) is 0 Å². The van der Waals surface area contributed by atoms with E-state index in [2.05, 4.69) is 36.4 Å². The topological polar surface area (TPSA) is 63.8 Å². The zero-order valence-corrected chi connectivity index (χ0v) is 11.4. The molecule has 6 heteroatoms. The van der Waals surface area contributed by atoms with Crippen LogP contribution in [0.3, 0.4) is 0 Å². The molecule has 1 aliphatic heterocycles. The first kappa shape index (κ1) is 11.8. The molecule has 0 amide bonds. The molecule has 0 radical (unpaired) electrons. The molecule has 1 atom stereocenters. The molecule has 1 aliphatic rings. The van der Waals surface area contributed by atoms with E-state index in [-0.39, 0.29) is 6.04 Å². The molecule has 2 aromatic rings. The summed E-state index contributed by atoms with van der Waals surface area (Å²) in [6.07, 6.45) is 5.19. The zero-order chi connectivity index (χ0) is 12.4. The van der Waals surface area contributed by atoms with E-state index in [0.29, 0.717) is 11.6 Å². The molecule has 1 saturated heterocycles. The van der Waals surface area contributed by atoms with Crippen LogP contribution in [0.1, 0.15) is 31.1 Å². The average molecular weight is 309 g/mol. The molecular weight excluding hydrogens is 296 g/mol. The minimum absolute atomic E-state index is 0.207. The first-order valence-electron chi connectivity index (χ1n) is 6.02. The van der Waals surface area contributed by atoms with Crippen LogP contribution in [0.4, 0.5) is 0 Å². The van der Waals surface area contributed by atoms with Gasteiger partial charge in [0.25, 0.3) is 5.89 Å². The van der Waals surface area contributed by atoms with Gasteiger partial charge in [0.1, 0.15) is 5.69 Å². The quantitative estimate of drug-likeness (QED) is 0.924. The van der Waals surface area contributed by atoms with Gasteiger partial charge in [-0.25, -0.2) is 4.98 Å². The minimum Gasteiger partial charge on any atom is -0.332 e. The molecule has 1 unspecified atom stereocenters. The lowest BCUT2D eigenvalue weighted by atomic mass is 10.0. The largest absolute Gasteiger partial charge is 0.332 e. The van der Waals surface area contributed by atoms with Gasteiger partial charge in [0.05, 0.1) is 6.04 Å². The molecule has 0 spiro atoms. The third kappa shape index (κ3) is 2.30. The van der Waals surface area contributed by atoms with Gasteiger partial charge in [0.15, 0.2) is 5.82 Å². The number of halogens is 1. The van der Waals surface area contributed by atoms with Crippen LogP contribution in [0.5, 0.6) is 0 Å². The molecule has 1 fully saturated rings. The van der Waals surface area contributed by atoms with E-state index < -0.39 is 0 Å². The number of nitrogens with zero attached hydrogens (tertiary/aromatic N) is 3. The highest BCUT2D eigenvalue weighted by Gasteiger charge is 2.21. The Labute approximate surface area is 113 Å². The summed E-state index contributed by atoms with van der Waals surface area (Å²) in [5.74, 6) is 1.19. The van der Waals surface area contributed by atoms with Crippen molar-refractivity contribution in [2.45, 2.75) is 25.3 Å². The fraction of sp³-hybridized carbons (Fsp3) is 0.417. The summed E-state index contributed by atoms with van der Waals surface area (Å²) in [5.41, 5.74) is 0.687. The summed E-state index contributed by atoms with van der Waals surface area (Å²) >= 11 is 3.43. The van der Waals surface area contributed by atoms with E-state index in [4.69, 9.17) is 4.52 Å². The molecular formula is C12H13BrN4O. The Kier molecular flexibility index (Phi) is 3.38. The van der Waals surface area contributed by atoms with Crippen LogP contribution in [0.2, 0.25) is 0 Å². The molecule has 2 aromatic heterocycles. The third-order valence-corrected chi connectivity index (χ3v) is 3.66. The normalized spacial score (nSPS) is 19.9. The van der Waals surface area contributed by atoms with Crippen LogP contribution < -0.4 is 5.32 Å². The molecule has 94 valence electrons. The van der Waals surface area contributed by atoms with Crippen LogP contribution in [0, 0.1) is 0 Å². The molecule has 0 aromatic carbocycles. The van der Waals surface area contributed by atoms with Crippen molar-refractivity contribution in [2.75, 3.05) is 6.54 Å². The summed E-state index contributed by atoms with van der Waals surface area (Å²) in [7, 11) is 0. The molecule has 1 N–H and O–H groups in total. The number of aromatic nitrogens is 3. The number of nitrogens with one attached hydrogen (secondary N) is 1. The molecule has 0 bridgehead atoms. The SMILES string of the molecule is Brc1cccnc1-c1nc(C2CCCCN2)no1. The second kappa shape index (κ2) is 5.16. The zero-order valence-electron chi connectivity index (χ0n) is 9.77. The average Bonchev–Trinajstić information content (AvgIpc) is 2.90. The molecule has 3 rings (SSSR count). The second-order valence-electron chi connectivity index (χ2n) is 4.29. The van der Waals surface area contributed by atoms with Crippen molar-refractivity contribution in [3.05, 3.63) is 28.6 Å². The lowest BCUT2D eigenvalue weighted by Crippen LogP contribution is -2.27. The monoisotopic (exact) mass is 308 g/mol. The van der Waals surface area contributed by atoms with Crippen molar-refractivity contribution in [3.63, 3.8) is 0 Å². The van der Waals surface area contributed by atoms with Crippen LogP contribution >= 0.6 is 15.9 Å². The van der Waals surface area contributed by atoms with Gasteiger partial charge in [-0.05, 0) is 47.4 Å². The maximum Gasteiger partial charge on any atom is 0.277 e. The van der Waals surface area contributed by atoms with E-state index >= 15 is 0 Å². The lowest BCUT2D eigenvalue weighted by molar-refractivity contribution is 0.366. The predicted octanol–water partition coefficient (Wildman–Crippen LogP) is 2.71. The van der Waals surface area contributed by atoms with E-state index in [0.717, 1.165) is 23.3 Å². The smallest absolute Gasteiger partial charge is 0.277 e. The lowest BCUT2D eigenvalue weighted by Gasteiger charge is -2.19. The Morgan fingerprint density at radius 3 is 3.11 bits per heavy atom. The highest BCUT2D eigenvalue weighted by atomic mass is 79.9. The number of rotatable bonds is 2. The van der Waals surface area contributed by atoms with Crippen molar-refractivity contribution < 1.29 is 4.52 Å². The minimum atomic E-state index is 0.207. The molecule has 3 heterocycles. The number of hydrogen-bond donors (Lipinski definition) is 1. The first-order chi connectivity index (χ1) is 8.84. The predicted molar refractivity (Wildman–Crippen MR) is 69.8 cm³/mol. The summed E-state index contributed by atoms with van der Waals surface area (Å²) < 4.78 is 6.15. The van der Waals surface area contributed by atoms with E-state index in [9.17, 15) is 0 Å². The van der Waals surface area contributed by atoms with E-state index in [1.807, 2.05) is 12.1 Å². The van der Waals surface area contributed by atoms with Crippen molar-refractivity contribution in [1.82, 2.24) is 20.4 Å². The molecule has 0 saturated carbocycles. The van der Waals surface area contributed by atoms with Gasteiger partial charge >= 0.3 is 0 Å². The maximum atomic E-state index is 5.29.